The van der Waals surface area contributed by atoms with Crippen LogP contribution in [-0.2, 0) is 10.0 Å². The number of hydrogen-bond donors (Lipinski definition) is 3. The van der Waals surface area contributed by atoms with Gasteiger partial charge in [-0.05, 0) is 49.4 Å². The molecule has 36 heavy (non-hydrogen) atoms. The molecule has 10 nitrogen and oxygen atoms in total. The number of likely N-dealkylation sites (N-methyl/N-ethyl adjacent to an activating group) is 1. The maximum Gasteiger partial charge on any atom is 0.321 e. The van der Waals surface area contributed by atoms with Crippen molar-refractivity contribution >= 4 is 33.3 Å². The zero-order valence-corrected chi connectivity index (χ0v) is 21.4. The van der Waals surface area contributed by atoms with Gasteiger partial charge in [-0.2, -0.15) is 0 Å². The van der Waals surface area contributed by atoms with E-state index in [2.05, 4.69) is 10.0 Å². The number of aliphatic hydroxyl groups is 1. The first-order valence-corrected chi connectivity index (χ1v) is 13.2. The molecule has 0 radical (unpaired) electrons. The first-order chi connectivity index (χ1) is 16.9. The summed E-state index contributed by atoms with van der Waals surface area (Å²) >= 11 is 0. The Labute approximate surface area is 210 Å². The van der Waals surface area contributed by atoms with Crippen molar-refractivity contribution in [2.24, 2.45) is 5.92 Å². The molecular weight excluding hydrogens is 491 g/mol. The lowest BCUT2D eigenvalue weighted by Gasteiger charge is -2.38. The van der Waals surface area contributed by atoms with Crippen LogP contribution >= 0.6 is 0 Å². The number of carbonyl (C=O) groups is 2. The molecule has 2 aromatic carbocycles. The van der Waals surface area contributed by atoms with Gasteiger partial charge in [-0.3, -0.25) is 9.52 Å². The molecular formula is C24H31FN4O6S. The van der Waals surface area contributed by atoms with Crippen LogP contribution in [0.4, 0.5) is 20.6 Å². The van der Waals surface area contributed by atoms with E-state index in [9.17, 15) is 27.5 Å². The minimum absolute atomic E-state index is 0.138. The standard InChI is InChI=1S/C24H31FN4O6S/c1-15-12-29(16(2)14-30)23(31)20-11-19(27-36(4,33)34)9-10-21(20)35-22(15)13-28(3)24(32)26-18-7-5-17(25)6-8-18/h5-11,15-16,22,27,30H,12-14H2,1-4H3,(H,26,32)/t15-,16+,22-/m0/s1. The normalized spacial score (nSPS) is 18.8. The van der Waals surface area contributed by atoms with Crippen molar-refractivity contribution < 1.29 is 32.2 Å². The van der Waals surface area contributed by atoms with Gasteiger partial charge in [0, 0.05) is 30.9 Å². The van der Waals surface area contributed by atoms with Crippen LogP contribution < -0.4 is 14.8 Å². The Kier molecular flexibility index (Phi) is 8.41. The number of aliphatic hydroxyl groups excluding tert-OH is 1. The molecule has 0 fully saturated rings. The van der Waals surface area contributed by atoms with Crippen LogP contribution in [0.15, 0.2) is 42.5 Å². The molecule has 0 saturated heterocycles. The van der Waals surface area contributed by atoms with Crippen LogP contribution in [0, 0.1) is 11.7 Å². The van der Waals surface area contributed by atoms with Gasteiger partial charge in [0.15, 0.2) is 0 Å². The molecule has 0 aromatic heterocycles. The second-order valence-corrected chi connectivity index (χ2v) is 10.8. The molecule has 3 amide bonds. The highest BCUT2D eigenvalue weighted by Gasteiger charge is 2.34. The topological polar surface area (TPSA) is 128 Å². The van der Waals surface area contributed by atoms with E-state index in [1.54, 1.807) is 14.0 Å². The molecule has 1 aliphatic heterocycles. The molecule has 3 N–H and O–H groups in total. The van der Waals surface area contributed by atoms with Gasteiger partial charge < -0.3 is 25.0 Å². The molecule has 2 aromatic rings. The number of sulfonamides is 1. The molecule has 1 heterocycles. The quantitative estimate of drug-likeness (QED) is 0.513. The van der Waals surface area contributed by atoms with Gasteiger partial charge in [0.25, 0.3) is 5.91 Å². The smallest absolute Gasteiger partial charge is 0.321 e. The third-order valence-corrected chi connectivity index (χ3v) is 6.47. The number of hydrogen-bond acceptors (Lipinski definition) is 6. The summed E-state index contributed by atoms with van der Waals surface area (Å²) in [6.45, 7) is 3.73. The summed E-state index contributed by atoms with van der Waals surface area (Å²) in [6.07, 6.45) is 0.468. The number of benzene rings is 2. The van der Waals surface area contributed by atoms with Crippen molar-refractivity contribution in [1.29, 1.82) is 0 Å². The predicted octanol–water partition coefficient (Wildman–Crippen LogP) is 2.58. The van der Waals surface area contributed by atoms with Crippen LogP contribution in [0.2, 0.25) is 0 Å². The number of amides is 3. The monoisotopic (exact) mass is 522 g/mol. The number of urea groups is 1. The van der Waals surface area contributed by atoms with E-state index in [0.29, 0.717) is 5.69 Å². The molecule has 3 atom stereocenters. The number of fused-ring (bicyclic) bond motifs is 1. The van der Waals surface area contributed by atoms with Gasteiger partial charge in [0.2, 0.25) is 10.0 Å². The summed E-state index contributed by atoms with van der Waals surface area (Å²) in [7, 11) is -1.98. The van der Waals surface area contributed by atoms with Crippen molar-refractivity contribution in [3.8, 4) is 5.75 Å². The largest absolute Gasteiger partial charge is 0.487 e. The zero-order valence-electron chi connectivity index (χ0n) is 20.6. The molecule has 12 heteroatoms. The lowest BCUT2D eigenvalue weighted by atomic mass is 9.99. The molecule has 0 aliphatic carbocycles. The Morgan fingerprint density at radius 1 is 1.25 bits per heavy atom. The summed E-state index contributed by atoms with van der Waals surface area (Å²) < 4.78 is 45.1. The van der Waals surface area contributed by atoms with Gasteiger partial charge >= 0.3 is 6.03 Å². The van der Waals surface area contributed by atoms with Crippen molar-refractivity contribution in [1.82, 2.24) is 9.80 Å². The zero-order chi connectivity index (χ0) is 26.6. The number of carbonyl (C=O) groups excluding carboxylic acids is 2. The lowest BCUT2D eigenvalue weighted by molar-refractivity contribution is 0.0371. The van der Waals surface area contributed by atoms with Gasteiger partial charge in [-0.25, -0.2) is 17.6 Å². The fourth-order valence-corrected chi connectivity index (χ4v) is 4.38. The van der Waals surface area contributed by atoms with Crippen molar-refractivity contribution in [2.75, 3.05) is 43.0 Å². The molecule has 196 valence electrons. The number of halogens is 1. The Balaban J connectivity index is 1.88. The third kappa shape index (κ3) is 6.85. The van der Waals surface area contributed by atoms with E-state index >= 15 is 0 Å². The minimum atomic E-state index is -3.57. The van der Waals surface area contributed by atoms with E-state index < -0.39 is 39.9 Å². The number of nitrogens with one attached hydrogen (secondary N) is 2. The Morgan fingerprint density at radius 3 is 2.50 bits per heavy atom. The first-order valence-electron chi connectivity index (χ1n) is 11.4. The van der Waals surface area contributed by atoms with Gasteiger partial charge in [0.1, 0.15) is 17.7 Å². The molecule has 3 rings (SSSR count). The Morgan fingerprint density at radius 2 is 1.89 bits per heavy atom. The van der Waals surface area contributed by atoms with Gasteiger partial charge in [-0.1, -0.05) is 6.92 Å². The molecule has 0 bridgehead atoms. The van der Waals surface area contributed by atoms with E-state index in [0.717, 1.165) is 6.26 Å². The first kappa shape index (κ1) is 27.2. The SMILES string of the molecule is C[C@H](CO)N1C[C@H](C)[C@H](CN(C)C(=O)Nc2ccc(F)cc2)Oc2ccc(NS(C)(=O)=O)cc2C1=O. The van der Waals surface area contributed by atoms with Crippen molar-refractivity contribution in [2.45, 2.75) is 26.0 Å². The Hall–Kier alpha value is -3.38. The summed E-state index contributed by atoms with van der Waals surface area (Å²) in [6, 6.07) is 8.85. The molecule has 0 unspecified atom stereocenters. The summed E-state index contributed by atoms with van der Waals surface area (Å²) in [4.78, 5) is 29.0. The fourth-order valence-electron chi connectivity index (χ4n) is 3.82. The molecule has 1 aliphatic rings. The molecule has 0 saturated carbocycles. The predicted molar refractivity (Wildman–Crippen MR) is 134 cm³/mol. The maximum absolute atomic E-state index is 13.4. The minimum Gasteiger partial charge on any atom is -0.487 e. The summed E-state index contributed by atoms with van der Waals surface area (Å²) in [5.41, 5.74) is 0.773. The van der Waals surface area contributed by atoms with Crippen LogP contribution in [-0.4, -0.2) is 80.4 Å². The highest BCUT2D eigenvalue weighted by atomic mass is 32.2. The highest BCUT2D eigenvalue weighted by Crippen LogP contribution is 2.31. The van der Waals surface area contributed by atoms with E-state index in [1.165, 1.54) is 52.3 Å². The average Bonchev–Trinajstić information content (AvgIpc) is 2.81. The number of anilines is 2. The average molecular weight is 523 g/mol. The fraction of sp³-hybridized carbons (Fsp3) is 0.417. The van der Waals surface area contributed by atoms with Crippen molar-refractivity contribution in [3.63, 3.8) is 0 Å². The summed E-state index contributed by atoms with van der Waals surface area (Å²) in [5.74, 6) is -0.816. The van der Waals surface area contributed by atoms with Gasteiger partial charge in [0.05, 0.1) is 31.0 Å². The molecule has 0 spiro atoms. The van der Waals surface area contributed by atoms with E-state index in [1.807, 2.05) is 6.92 Å². The van der Waals surface area contributed by atoms with E-state index in [-0.39, 0.29) is 42.6 Å². The van der Waals surface area contributed by atoms with Crippen LogP contribution in [0.1, 0.15) is 24.2 Å². The second-order valence-electron chi connectivity index (χ2n) is 9.03. The number of nitrogens with zero attached hydrogens (tertiary/aromatic N) is 2. The summed E-state index contributed by atoms with van der Waals surface area (Å²) in [5, 5.41) is 12.4. The third-order valence-electron chi connectivity index (χ3n) is 5.86. The van der Waals surface area contributed by atoms with Crippen molar-refractivity contribution in [3.05, 3.63) is 53.8 Å². The maximum atomic E-state index is 13.4. The van der Waals surface area contributed by atoms with Crippen LogP contribution in [0.5, 0.6) is 5.75 Å². The van der Waals surface area contributed by atoms with Crippen LogP contribution in [0.3, 0.4) is 0 Å². The highest BCUT2D eigenvalue weighted by molar-refractivity contribution is 7.92. The second kappa shape index (κ2) is 11.1. The number of ether oxygens (including phenoxy) is 1. The lowest BCUT2D eigenvalue weighted by Crippen LogP contribution is -2.50. The van der Waals surface area contributed by atoms with E-state index in [4.69, 9.17) is 4.74 Å². The number of rotatable bonds is 7. The van der Waals surface area contributed by atoms with Crippen LogP contribution in [0.25, 0.3) is 0 Å². The van der Waals surface area contributed by atoms with Gasteiger partial charge in [-0.15, -0.1) is 0 Å². The Bertz CT molecular complexity index is 1210.